The molecule has 0 aliphatic heterocycles. The Balaban J connectivity index is 2.93. The fourth-order valence-electron chi connectivity index (χ4n) is 1.04. The highest BCUT2D eigenvalue weighted by Gasteiger charge is 2.24. The Hall–Kier alpha value is -1.60. The van der Waals surface area contributed by atoms with E-state index in [1.807, 2.05) is 13.8 Å². The molecule has 0 aliphatic rings. The van der Waals surface area contributed by atoms with Crippen molar-refractivity contribution in [1.29, 1.82) is 0 Å². The summed E-state index contributed by atoms with van der Waals surface area (Å²) >= 11 is 0. The molecular formula is C9H18N6O. The third kappa shape index (κ3) is 2.94. The Labute approximate surface area is 94.2 Å². The molecule has 0 amide bonds. The summed E-state index contributed by atoms with van der Waals surface area (Å²) in [6.45, 7) is 5.40. The van der Waals surface area contributed by atoms with Gasteiger partial charge in [0.2, 0.25) is 5.95 Å². The van der Waals surface area contributed by atoms with Gasteiger partial charge in [0.1, 0.15) is 11.6 Å². The Morgan fingerprint density at radius 3 is 2.44 bits per heavy atom. The molecular weight excluding hydrogens is 208 g/mol. The van der Waals surface area contributed by atoms with Gasteiger partial charge in [-0.1, -0.05) is 0 Å². The molecule has 0 radical (unpaired) electrons. The maximum atomic E-state index is 9.56. The average molecular weight is 226 g/mol. The summed E-state index contributed by atoms with van der Waals surface area (Å²) in [5.41, 5.74) is 7.38. The number of hydrazine groups is 1. The lowest BCUT2D eigenvalue weighted by Gasteiger charge is -2.30. The van der Waals surface area contributed by atoms with Crippen molar-refractivity contribution in [3.05, 3.63) is 6.07 Å². The van der Waals surface area contributed by atoms with Crippen molar-refractivity contribution in [2.45, 2.75) is 32.4 Å². The number of rotatable bonds is 4. The Kier molecular flexibility index (Phi) is 3.51. The minimum Gasteiger partial charge on any atom is -0.391 e. The maximum absolute atomic E-state index is 9.56. The van der Waals surface area contributed by atoms with Gasteiger partial charge in [-0.3, -0.25) is 0 Å². The first-order valence-electron chi connectivity index (χ1n) is 4.92. The van der Waals surface area contributed by atoms with Gasteiger partial charge in [0.05, 0.1) is 11.6 Å². The zero-order chi connectivity index (χ0) is 12.3. The van der Waals surface area contributed by atoms with Crippen LogP contribution in [0.15, 0.2) is 6.07 Å². The lowest BCUT2D eigenvalue weighted by atomic mass is 9.99. The molecule has 1 rings (SSSR count). The number of nitrogens with two attached hydrogens (primary N) is 2. The number of hydrogen-bond acceptors (Lipinski definition) is 7. The number of nitrogens with zero attached hydrogens (tertiary/aromatic N) is 2. The number of nitrogen functional groups attached to an aromatic ring is 2. The van der Waals surface area contributed by atoms with Crippen LogP contribution in [0.2, 0.25) is 0 Å². The van der Waals surface area contributed by atoms with Crippen LogP contribution in [0.3, 0.4) is 0 Å². The summed E-state index contributed by atoms with van der Waals surface area (Å²) in [7, 11) is 0. The number of aliphatic hydroxyl groups excluding tert-OH is 1. The summed E-state index contributed by atoms with van der Waals surface area (Å²) in [5.74, 6) is 6.27. The number of aromatic nitrogens is 2. The second-order valence-corrected chi connectivity index (χ2v) is 4.16. The van der Waals surface area contributed by atoms with E-state index >= 15 is 0 Å². The number of anilines is 3. The number of hydrogen-bond donors (Lipinski definition) is 5. The van der Waals surface area contributed by atoms with Crippen LogP contribution >= 0.6 is 0 Å². The molecule has 0 fully saturated rings. The Bertz CT molecular complexity index is 365. The van der Waals surface area contributed by atoms with Crippen molar-refractivity contribution in [1.82, 2.24) is 9.97 Å². The molecule has 90 valence electrons. The fraction of sp³-hybridized carbons (Fsp3) is 0.556. The van der Waals surface area contributed by atoms with Crippen molar-refractivity contribution in [2.75, 3.05) is 16.5 Å². The maximum Gasteiger partial charge on any atom is 0.223 e. The lowest BCUT2D eigenvalue weighted by Crippen LogP contribution is -2.42. The molecule has 0 bridgehead atoms. The molecule has 0 aliphatic carbocycles. The van der Waals surface area contributed by atoms with E-state index in [0.717, 1.165) is 0 Å². The summed E-state index contributed by atoms with van der Waals surface area (Å²) < 4.78 is 0. The van der Waals surface area contributed by atoms with E-state index in [4.69, 9.17) is 11.6 Å². The smallest absolute Gasteiger partial charge is 0.223 e. The van der Waals surface area contributed by atoms with E-state index in [2.05, 4.69) is 20.7 Å². The van der Waals surface area contributed by atoms with Gasteiger partial charge < -0.3 is 21.6 Å². The van der Waals surface area contributed by atoms with Crippen LogP contribution in [0.4, 0.5) is 17.6 Å². The fourth-order valence-corrected chi connectivity index (χ4v) is 1.04. The zero-order valence-corrected chi connectivity index (χ0v) is 9.65. The second-order valence-electron chi connectivity index (χ2n) is 4.16. The van der Waals surface area contributed by atoms with E-state index in [1.165, 1.54) is 0 Å². The molecule has 1 aromatic rings. The van der Waals surface area contributed by atoms with Gasteiger partial charge in [-0.25, -0.2) is 5.84 Å². The standard InChI is InChI=1S/C9H18N6O/c1-5(16)9(2,3)14-6-4-7(15-11)13-8(10)12-6/h4-5,16H,11H2,1-3H3,(H4,10,12,13,14,15). The van der Waals surface area contributed by atoms with Crippen molar-refractivity contribution in [3.63, 3.8) is 0 Å². The summed E-state index contributed by atoms with van der Waals surface area (Å²) in [6, 6.07) is 1.61. The predicted molar refractivity (Wildman–Crippen MR) is 63.6 cm³/mol. The molecule has 0 aromatic carbocycles. The molecule has 7 N–H and O–H groups in total. The third-order valence-electron chi connectivity index (χ3n) is 2.39. The zero-order valence-electron chi connectivity index (χ0n) is 9.65. The average Bonchev–Trinajstić information content (AvgIpc) is 2.15. The van der Waals surface area contributed by atoms with Crippen LogP contribution < -0.4 is 22.3 Å². The minimum atomic E-state index is -0.544. The van der Waals surface area contributed by atoms with Gasteiger partial charge in [-0.15, -0.1) is 0 Å². The third-order valence-corrected chi connectivity index (χ3v) is 2.39. The molecule has 0 saturated carbocycles. The lowest BCUT2D eigenvalue weighted by molar-refractivity contribution is 0.133. The summed E-state index contributed by atoms with van der Waals surface area (Å²) in [4.78, 5) is 7.85. The SMILES string of the molecule is CC(O)C(C)(C)Nc1cc(NN)nc(N)n1. The quantitative estimate of drug-likeness (QED) is 0.359. The first-order chi connectivity index (χ1) is 7.35. The summed E-state index contributed by atoms with van der Waals surface area (Å²) in [6.07, 6.45) is -0.544. The second kappa shape index (κ2) is 4.50. The van der Waals surface area contributed by atoms with Gasteiger partial charge in [0, 0.05) is 6.07 Å². The van der Waals surface area contributed by atoms with Crippen LogP contribution in [0.25, 0.3) is 0 Å². The van der Waals surface area contributed by atoms with Crippen LogP contribution in [-0.4, -0.2) is 26.7 Å². The van der Waals surface area contributed by atoms with E-state index in [0.29, 0.717) is 11.6 Å². The minimum absolute atomic E-state index is 0.111. The van der Waals surface area contributed by atoms with Gasteiger partial charge in [0.15, 0.2) is 0 Å². The van der Waals surface area contributed by atoms with Crippen molar-refractivity contribution < 1.29 is 5.11 Å². The molecule has 7 nitrogen and oxygen atoms in total. The van der Waals surface area contributed by atoms with Crippen molar-refractivity contribution in [2.24, 2.45) is 5.84 Å². The topological polar surface area (TPSA) is 122 Å². The van der Waals surface area contributed by atoms with Crippen LogP contribution in [-0.2, 0) is 0 Å². The molecule has 1 aromatic heterocycles. The number of aliphatic hydroxyl groups is 1. The molecule has 7 heteroatoms. The first-order valence-corrected chi connectivity index (χ1v) is 4.92. The number of nitrogens with one attached hydrogen (secondary N) is 2. The van der Waals surface area contributed by atoms with E-state index in [1.54, 1.807) is 13.0 Å². The predicted octanol–water partition coefficient (Wildman–Crippen LogP) is -0.0843. The van der Waals surface area contributed by atoms with Crippen molar-refractivity contribution >= 4 is 17.6 Å². The molecule has 1 heterocycles. The first kappa shape index (κ1) is 12.5. The highest BCUT2D eigenvalue weighted by atomic mass is 16.3. The van der Waals surface area contributed by atoms with Gasteiger partial charge in [-0.2, -0.15) is 9.97 Å². The van der Waals surface area contributed by atoms with Gasteiger partial charge in [-0.05, 0) is 20.8 Å². The Morgan fingerprint density at radius 1 is 1.38 bits per heavy atom. The van der Waals surface area contributed by atoms with Gasteiger partial charge >= 0.3 is 0 Å². The van der Waals surface area contributed by atoms with E-state index in [-0.39, 0.29) is 5.95 Å². The van der Waals surface area contributed by atoms with Crippen LogP contribution in [0, 0.1) is 0 Å². The van der Waals surface area contributed by atoms with Crippen LogP contribution in [0.1, 0.15) is 20.8 Å². The monoisotopic (exact) mass is 226 g/mol. The van der Waals surface area contributed by atoms with Gasteiger partial charge in [0.25, 0.3) is 0 Å². The van der Waals surface area contributed by atoms with Crippen LogP contribution in [0.5, 0.6) is 0 Å². The molecule has 0 saturated heterocycles. The molecule has 1 atom stereocenters. The molecule has 0 spiro atoms. The van der Waals surface area contributed by atoms with Crippen molar-refractivity contribution in [3.8, 4) is 0 Å². The normalized spacial score (nSPS) is 13.3. The van der Waals surface area contributed by atoms with E-state index < -0.39 is 11.6 Å². The van der Waals surface area contributed by atoms with E-state index in [9.17, 15) is 5.11 Å². The highest BCUT2D eigenvalue weighted by molar-refractivity contribution is 5.51. The molecule has 1 unspecified atom stereocenters. The molecule has 16 heavy (non-hydrogen) atoms. The largest absolute Gasteiger partial charge is 0.391 e. The summed E-state index contributed by atoms with van der Waals surface area (Å²) in [5, 5.41) is 12.6. The highest BCUT2D eigenvalue weighted by Crippen LogP contribution is 2.19. The Morgan fingerprint density at radius 2 is 1.94 bits per heavy atom.